The molecule has 114 valence electrons. The van der Waals surface area contributed by atoms with Gasteiger partial charge in [0.15, 0.2) is 0 Å². The van der Waals surface area contributed by atoms with Crippen LogP contribution in [0.2, 0.25) is 0 Å². The van der Waals surface area contributed by atoms with E-state index in [-0.39, 0.29) is 6.10 Å². The van der Waals surface area contributed by atoms with Crippen molar-refractivity contribution in [1.29, 1.82) is 0 Å². The van der Waals surface area contributed by atoms with E-state index in [9.17, 15) is 5.21 Å². The van der Waals surface area contributed by atoms with Crippen LogP contribution in [0.25, 0.3) is 16.7 Å². The first-order chi connectivity index (χ1) is 10.7. The number of fused-ring (bicyclic) bond motifs is 3. The fourth-order valence-electron chi connectivity index (χ4n) is 3.01. The molecule has 0 aliphatic heterocycles. The fourth-order valence-corrected chi connectivity index (χ4v) is 3.47. The highest BCUT2D eigenvalue weighted by atomic mass is 127. The maximum absolute atomic E-state index is 12.1. The SMILES string of the molecule is [O-][n+]1nc2c(I)cnn2c2cc(OC3CCCCC3)ccc21. The molecule has 1 saturated carbocycles. The molecule has 1 aliphatic rings. The van der Waals surface area contributed by atoms with Gasteiger partial charge in [-0.1, -0.05) is 6.42 Å². The van der Waals surface area contributed by atoms with E-state index in [2.05, 4.69) is 32.8 Å². The molecule has 0 spiro atoms. The highest BCUT2D eigenvalue weighted by molar-refractivity contribution is 14.1. The van der Waals surface area contributed by atoms with Crippen molar-refractivity contribution in [2.24, 2.45) is 0 Å². The zero-order valence-electron chi connectivity index (χ0n) is 11.9. The van der Waals surface area contributed by atoms with E-state index in [1.54, 1.807) is 16.8 Å². The van der Waals surface area contributed by atoms with Gasteiger partial charge in [0, 0.05) is 17.2 Å². The summed E-state index contributed by atoms with van der Waals surface area (Å²) in [4.78, 5) is 0.652. The minimum absolute atomic E-state index is 0.278. The molecule has 1 aromatic carbocycles. The number of ether oxygens (including phenoxy) is 1. The van der Waals surface area contributed by atoms with Crippen LogP contribution in [0.1, 0.15) is 32.1 Å². The minimum Gasteiger partial charge on any atom is -0.594 e. The lowest BCUT2D eigenvalue weighted by molar-refractivity contribution is -0.640. The lowest BCUT2D eigenvalue weighted by Gasteiger charge is -2.22. The normalized spacial score (nSPS) is 16.4. The second-order valence-corrected chi connectivity index (χ2v) is 6.79. The molecule has 0 amide bonds. The fraction of sp³-hybridized carbons (Fsp3) is 0.400. The van der Waals surface area contributed by atoms with Gasteiger partial charge in [0.2, 0.25) is 5.65 Å². The Morgan fingerprint density at radius 1 is 1.27 bits per heavy atom. The van der Waals surface area contributed by atoms with Crippen LogP contribution in [-0.2, 0) is 0 Å². The summed E-state index contributed by atoms with van der Waals surface area (Å²) in [5.74, 6) is 0.789. The molecule has 0 N–H and O–H groups in total. The Labute approximate surface area is 140 Å². The van der Waals surface area contributed by atoms with Gasteiger partial charge in [-0.3, -0.25) is 0 Å². The van der Waals surface area contributed by atoms with Crippen LogP contribution in [0.4, 0.5) is 0 Å². The first kappa shape index (κ1) is 14.0. The Morgan fingerprint density at radius 2 is 2.09 bits per heavy atom. The van der Waals surface area contributed by atoms with Crippen molar-refractivity contribution in [2.75, 3.05) is 0 Å². The molecule has 2 heterocycles. The molecular weight excluding hydrogens is 395 g/mol. The number of benzene rings is 1. The van der Waals surface area contributed by atoms with Crippen LogP contribution < -0.4 is 9.58 Å². The molecule has 7 heteroatoms. The van der Waals surface area contributed by atoms with Gasteiger partial charge in [0.05, 0.1) is 15.9 Å². The van der Waals surface area contributed by atoms with Crippen LogP contribution in [0.5, 0.6) is 5.75 Å². The number of rotatable bonds is 2. The van der Waals surface area contributed by atoms with Crippen LogP contribution in [0.15, 0.2) is 24.4 Å². The Balaban J connectivity index is 1.79. The third kappa shape index (κ3) is 2.37. The van der Waals surface area contributed by atoms with Gasteiger partial charge in [-0.2, -0.15) is 5.10 Å². The molecule has 1 aliphatic carbocycles. The molecule has 6 nitrogen and oxygen atoms in total. The molecule has 0 atom stereocenters. The molecule has 4 rings (SSSR count). The molecule has 0 bridgehead atoms. The summed E-state index contributed by atoms with van der Waals surface area (Å²) >= 11 is 2.13. The van der Waals surface area contributed by atoms with Crippen molar-refractivity contribution in [2.45, 2.75) is 38.2 Å². The third-order valence-electron chi connectivity index (χ3n) is 4.12. The monoisotopic (exact) mass is 410 g/mol. The van der Waals surface area contributed by atoms with Crippen molar-refractivity contribution in [3.8, 4) is 5.75 Å². The van der Waals surface area contributed by atoms with Crippen molar-refractivity contribution >= 4 is 39.3 Å². The van der Waals surface area contributed by atoms with Crippen molar-refractivity contribution < 1.29 is 9.58 Å². The first-order valence-electron chi connectivity index (χ1n) is 7.46. The Morgan fingerprint density at radius 3 is 2.91 bits per heavy atom. The molecular formula is C15H15IN4O2. The van der Waals surface area contributed by atoms with Gasteiger partial charge >= 0.3 is 0 Å². The lowest BCUT2D eigenvalue weighted by Crippen LogP contribution is -2.33. The zero-order valence-corrected chi connectivity index (χ0v) is 14.1. The van der Waals surface area contributed by atoms with E-state index >= 15 is 0 Å². The molecule has 0 radical (unpaired) electrons. The summed E-state index contributed by atoms with van der Waals surface area (Å²) in [6.45, 7) is 0. The summed E-state index contributed by atoms with van der Waals surface area (Å²) in [5, 5.41) is 20.4. The van der Waals surface area contributed by atoms with Crippen molar-refractivity contribution in [3.05, 3.63) is 33.2 Å². The number of aromatic nitrogens is 4. The van der Waals surface area contributed by atoms with Crippen LogP contribution in [-0.4, -0.2) is 20.8 Å². The van der Waals surface area contributed by atoms with E-state index < -0.39 is 0 Å². The Kier molecular flexibility index (Phi) is 3.51. The Bertz CT molecular complexity index is 842. The van der Waals surface area contributed by atoms with Crippen LogP contribution >= 0.6 is 22.6 Å². The number of hydrogen-bond donors (Lipinski definition) is 0. The molecule has 2 aromatic heterocycles. The standard InChI is InChI=1S/C15H15IN4O2/c16-12-9-17-19-14-8-11(22-10-4-2-1-3-5-10)6-7-13(14)20(21)18-15(12)19/h6-10H,1-5H2. The summed E-state index contributed by atoms with van der Waals surface area (Å²) in [7, 11) is 0. The van der Waals surface area contributed by atoms with E-state index in [1.165, 1.54) is 19.3 Å². The summed E-state index contributed by atoms with van der Waals surface area (Å²) in [5.41, 5.74) is 1.78. The summed E-state index contributed by atoms with van der Waals surface area (Å²) in [6, 6.07) is 5.48. The second kappa shape index (κ2) is 5.53. The van der Waals surface area contributed by atoms with Gasteiger partial charge in [-0.15, -0.1) is 0 Å². The zero-order chi connectivity index (χ0) is 15.1. The second-order valence-electron chi connectivity index (χ2n) is 5.63. The smallest absolute Gasteiger partial charge is 0.270 e. The maximum atomic E-state index is 12.1. The van der Waals surface area contributed by atoms with E-state index in [4.69, 9.17) is 4.74 Å². The number of nitrogens with zero attached hydrogens (tertiary/aromatic N) is 4. The topological polar surface area (TPSA) is 66.4 Å². The number of hydrogen-bond acceptors (Lipinski definition) is 4. The van der Waals surface area contributed by atoms with Crippen LogP contribution in [0, 0.1) is 8.78 Å². The van der Waals surface area contributed by atoms with E-state index in [0.717, 1.165) is 27.7 Å². The predicted molar refractivity (Wildman–Crippen MR) is 89.7 cm³/mol. The maximum Gasteiger partial charge on any atom is 0.270 e. The van der Waals surface area contributed by atoms with Gasteiger partial charge < -0.3 is 9.94 Å². The lowest BCUT2D eigenvalue weighted by atomic mass is 9.98. The first-order valence-corrected chi connectivity index (χ1v) is 8.54. The highest BCUT2D eigenvalue weighted by Crippen LogP contribution is 2.26. The van der Waals surface area contributed by atoms with Gasteiger partial charge in [-0.05, 0) is 59.2 Å². The average Bonchev–Trinajstić information content (AvgIpc) is 2.90. The largest absolute Gasteiger partial charge is 0.594 e. The average molecular weight is 410 g/mol. The van der Waals surface area contributed by atoms with Gasteiger partial charge in [0.25, 0.3) is 5.52 Å². The predicted octanol–water partition coefficient (Wildman–Crippen LogP) is 2.83. The quantitative estimate of drug-likeness (QED) is 0.370. The molecule has 1 fully saturated rings. The van der Waals surface area contributed by atoms with E-state index in [0.29, 0.717) is 16.0 Å². The van der Waals surface area contributed by atoms with Crippen molar-refractivity contribution in [1.82, 2.24) is 14.7 Å². The molecule has 22 heavy (non-hydrogen) atoms. The third-order valence-corrected chi connectivity index (χ3v) is 4.88. The number of halogens is 1. The minimum atomic E-state index is 0.278. The molecule has 0 saturated heterocycles. The van der Waals surface area contributed by atoms with Crippen molar-refractivity contribution in [3.63, 3.8) is 0 Å². The van der Waals surface area contributed by atoms with Crippen LogP contribution in [0.3, 0.4) is 0 Å². The Hall–Kier alpha value is -1.64. The summed E-state index contributed by atoms with van der Waals surface area (Å²) in [6.07, 6.45) is 7.94. The molecule has 3 aromatic rings. The van der Waals surface area contributed by atoms with E-state index in [1.807, 2.05) is 12.1 Å². The molecule has 0 unspecified atom stereocenters. The van der Waals surface area contributed by atoms with Gasteiger partial charge in [0.1, 0.15) is 11.3 Å². The highest BCUT2D eigenvalue weighted by Gasteiger charge is 2.18. The summed E-state index contributed by atoms with van der Waals surface area (Å²) < 4.78 is 8.63. The van der Waals surface area contributed by atoms with Gasteiger partial charge in [-0.25, -0.2) is 4.52 Å².